The SMILES string of the molecule is Nn1c(N/N=C/c2ccccc2OCc2ccccc2Cl)nnc1SCc1ccc(Cl)c(Cl)c1. The summed E-state index contributed by atoms with van der Waals surface area (Å²) >= 11 is 19.7. The first kappa shape index (κ1) is 24.2. The molecule has 3 N–H and O–H groups in total. The Morgan fingerprint density at radius 2 is 1.76 bits per heavy atom. The zero-order valence-electron chi connectivity index (χ0n) is 17.7. The molecular formula is C23H19Cl3N6OS. The van der Waals surface area contributed by atoms with E-state index >= 15 is 0 Å². The van der Waals surface area contributed by atoms with Crippen molar-refractivity contribution >= 4 is 58.7 Å². The van der Waals surface area contributed by atoms with Crippen LogP contribution in [0.25, 0.3) is 0 Å². The maximum atomic E-state index is 6.21. The normalized spacial score (nSPS) is 11.1. The van der Waals surface area contributed by atoms with Crippen LogP contribution in [0.5, 0.6) is 5.75 Å². The number of ether oxygens (including phenoxy) is 1. The van der Waals surface area contributed by atoms with Gasteiger partial charge in [0, 0.05) is 21.9 Å². The van der Waals surface area contributed by atoms with Gasteiger partial charge in [-0.1, -0.05) is 83.0 Å². The van der Waals surface area contributed by atoms with E-state index in [-0.39, 0.29) is 0 Å². The Kier molecular flexibility index (Phi) is 8.18. The summed E-state index contributed by atoms with van der Waals surface area (Å²) in [5, 5.41) is 14.6. The number of aromatic nitrogens is 3. The monoisotopic (exact) mass is 532 g/mol. The smallest absolute Gasteiger partial charge is 0.264 e. The lowest BCUT2D eigenvalue weighted by molar-refractivity contribution is 0.306. The predicted molar refractivity (Wildman–Crippen MR) is 140 cm³/mol. The molecule has 0 radical (unpaired) electrons. The first-order valence-electron chi connectivity index (χ1n) is 10.0. The zero-order valence-corrected chi connectivity index (χ0v) is 20.7. The van der Waals surface area contributed by atoms with Gasteiger partial charge in [0.15, 0.2) is 0 Å². The molecule has 0 saturated carbocycles. The van der Waals surface area contributed by atoms with Crippen molar-refractivity contribution in [3.05, 3.63) is 98.5 Å². The molecule has 0 bridgehead atoms. The number of nitrogens with two attached hydrogens (primary N) is 1. The summed E-state index contributed by atoms with van der Waals surface area (Å²) in [6.07, 6.45) is 1.62. The van der Waals surface area contributed by atoms with Gasteiger partial charge in [-0.05, 0) is 35.9 Å². The van der Waals surface area contributed by atoms with E-state index in [2.05, 4.69) is 20.7 Å². The molecule has 7 nitrogen and oxygen atoms in total. The van der Waals surface area contributed by atoms with Gasteiger partial charge in [0.2, 0.25) is 5.16 Å². The van der Waals surface area contributed by atoms with Crippen LogP contribution in [0.1, 0.15) is 16.7 Å². The minimum atomic E-state index is 0.294. The van der Waals surface area contributed by atoms with Crippen molar-refractivity contribution in [2.45, 2.75) is 17.5 Å². The molecule has 4 rings (SSSR count). The molecule has 34 heavy (non-hydrogen) atoms. The molecule has 0 aliphatic heterocycles. The Balaban J connectivity index is 1.37. The number of nitrogen functional groups attached to an aromatic ring is 1. The summed E-state index contributed by atoms with van der Waals surface area (Å²) in [6.45, 7) is 0.342. The number of hydrogen-bond acceptors (Lipinski definition) is 7. The van der Waals surface area contributed by atoms with Crippen molar-refractivity contribution in [1.29, 1.82) is 0 Å². The minimum absolute atomic E-state index is 0.294. The van der Waals surface area contributed by atoms with Crippen molar-refractivity contribution in [3.63, 3.8) is 0 Å². The molecule has 0 aliphatic rings. The summed E-state index contributed by atoms with van der Waals surface area (Å²) in [7, 11) is 0. The number of benzene rings is 3. The van der Waals surface area contributed by atoms with Crippen LogP contribution < -0.4 is 16.0 Å². The summed E-state index contributed by atoms with van der Waals surface area (Å²) in [5.41, 5.74) is 5.48. The van der Waals surface area contributed by atoms with Gasteiger partial charge in [-0.25, -0.2) is 10.1 Å². The summed E-state index contributed by atoms with van der Waals surface area (Å²) < 4.78 is 7.27. The van der Waals surface area contributed by atoms with Gasteiger partial charge >= 0.3 is 0 Å². The number of para-hydroxylation sites is 1. The van der Waals surface area contributed by atoms with Crippen LogP contribution in [0.4, 0.5) is 5.95 Å². The first-order valence-corrected chi connectivity index (χ1v) is 12.1. The van der Waals surface area contributed by atoms with Crippen molar-refractivity contribution in [2.75, 3.05) is 11.3 Å². The topological polar surface area (TPSA) is 90.3 Å². The molecule has 0 fully saturated rings. The number of hydrazone groups is 1. The molecule has 1 heterocycles. The number of anilines is 1. The van der Waals surface area contributed by atoms with Crippen LogP contribution in [0, 0.1) is 0 Å². The van der Waals surface area contributed by atoms with Crippen LogP contribution in [-0.2, 0) is 12.4 Å². The van der Waals surface area contributed by atoms with Crippen LogP contribution in [0.2, 0.25) is 15.1 Å². The fourth-order valence-electron chi connectivity index (χ4n) is 2.88. The highest BCUT2D eigenvalue weighted by Gasteiger charge is 2.11. The van der Waals surface area contributed by atoms with Gasteiger partial charge in [0.25, 0.3) is 5.95 Å². The largest absolute Gasteiger partial charge is 0.488 e. The highest BCUT2D eigenvalue weighted by atomic mass is 35.5. The van der Waals surface area contributed by atoms with Crippen LogP contribution in [0.3, 0.4) is 0 Å². The molecule has 0 unspecified atom stereocenters. The number of hydrogen-bond donors (Lipinski definition) is 2. The van der Waals surface area contributed by atoms with Gasteiger partial charge in [-0.2, -0.15) is 5.10 Å². The predicted octanol–water partition coefficient (Wildman–Crippen LogP) is 6.27. The third-order valence-corrected chi connectivity index (χ3v) is 6.77. The standard InChI is InChI=1S/C23H19Cl3N6OS/c24-18-7-3-1-6-17(18)13-33-21-8-4-2-5-16(21)12-28-29-22-30-31-23(32(22)27)34-14-15-9-10-19(25)20(26)11-15/h1-12H,13-14,27H2,(H,29,30)/b28-12+. The quantitative estimate of drug-likeness (QED) is 0.114. The lowest BCUT2D eigenvalue weighted by Gasteiger charge is -2.10. The van der Waals surface area contributed by atoms with E-state index in [1.54, 1.807) is 12.3 Å². The maximum Gasteiger partial charge on any atom is 0.264 e. The Labute approximate surface area is 215 Å². The van der Waals surface area contributed by atoms with Crippen LogP contribution >= 0.6 is 46.6 Å². The lowest BCUT2D eigenvalue weighted by atomic mass is 10.2. The van der Waals surface area contributed by atoms with E-state index < -0.39 is 0 Å². The molecule has 1 aromatic heterocycles. The number of nitrogens with one attached hydrogen (secondary N) is 1. The van der Waals surface area contributed by atoms with Gasteiger partial charge in [-0.15, -0.1) is 10.2 Å². The minimum Gasteiger partial charge on any atom is -0.488 e. The van der Waals surface area contributed by atoms with E-state index in [1.807, 2.05) is 60.7 Å². The second-order valence-electron chi connectivity index (χ2n) is 7.00. The summed E-state index contributed by atoms with van der Waals surface area (Å²) in [5.74, 6) is 7.67. The van der Waals surface area contributed by atoms with E-state index in [0.717, 1.165) is 16.7 Å². The summed E-state index contributed by atoms with van der Waals surface area (Å²) in [4.78, 5) is 0. The molecule has 0 amide bonds. The van der Waals surface area contributed by atoms with Gasteiger partial charge < -0.3 is 10.6 Å². The molecule has 11 heteroatoms. The number of rotatable bonds is 9. The molecule has 0 atom stereocenters. The van der Waals surface area contributed by atoms with Gasteiger partial charge in [0.05, 0.1) is 16.3 Å². The van der Waals surface area contributed by atoms with Crippen molar-refractivity contribution in [1.82, 2.24) is 14.9 Å². The summed E-state index contributed by atoms with van der Waals surface area (Å²) in [6, 6.07) is 20.5. The molecule has 0 aliphatic carbocycles. The molecule has 3 aromatic carbocycles. The number of nitrogens with zero attached hydrogens (tertiary/aromatic N) is 4. The second kappa shape index (κ2) is 11.5. The maximum absolute atomic E-state index is 6.21. The van der Waals surface area contributed by atoms with Crippen LogP contribution in [0.15, 0.2) is 77.0 Å². The van der Waals surface area contributed by atoms with Crippen molar-refractivity contribution in [2.24, 2.45) is 5.10 Å². The number of thioether (sulfide) groups is 1. The number of halogens is 3. The average Bonchev–Trinajstić information content (AvgIpc) is 3.19. The highest BCUT2D eigenvalue weighted by molar-refractivity contribution is 7.98. The molecule has 0 saturated heterocycles. The fourth-order valence-corrected chi connectivity index (χ4v) is 4.19. The first-order chi connectivity index (χ1) is 16.5. The second-order valence-corrected chi connectivity index (χ2v) is 9.17. The van der Waals surface area contributed by atoms with E-state index in [4.69, 9.17) is 45.4 Å². The molecular weight excluding hydrogens is 515 g/mol. The van der Waals surface area contributed by atoms with Crippen molar-refractivity contribution < 1.29 is 4.74 Å². The Morgan fingerprint density at radius 3 is 2.59 bits per heavy atom. The Morgan fingerprint density at radius 1 is 0.971 bits per heavy atom. The van der Waals surface area contributed by atoms with E-state index in [9.17, 15) is 0 Å². The average molecular weight is 534 g/mol. The highest BCUT2D eigenvalue weighted by Crippen LogP contribution is 2.27. The molecule has 4 aromatic rings. The van der Waals surface area contributed by atoms with Crippen molar-refractivity contribution in [3.8, 4) is 5.75 Å². The fraction of sp³-hybridized carbons (Fsp3) is 0.0870. The van der Waals surface area contributed by atoms with Crippen LogP contribution in [-0.4, -0.2) is 21.1 Å². The molecule has 174 valence electrons. The molecule has 0 spiro atoms. The zero-order chi connectivity index (χ0) is 23.9. The van der Waals surface area contributed by atoms with Gasteiger partial charge in [0.1, 0.15) is 12.4 Å². The van der Waals surface area contributed by atoms with E-state index in [1.165, 1.54) is 16.4 Å². The lowest BCUT2D eigenvalue weighted by Crippen LogP contribution is -2.13. The van der Waals surface area contributed by atoms with Gasteiger partial charge in [-0.3, -0.25) is 0 Å². The third-order valence-electron chi connectivity index (χ3n) is 4.64. The van der Waals surface area contributed by atoms with E-state index in [0.29, 0.717) is 44.3 Å². The Bertz CT molecular complexity index is 1310. The third kappa shape index (κ3) is 6.15. The Hall–Kier alpha value is -2.91.